The molecule has 0 aliphatic rings. The Kier molecular flexibility index (Phi) is 1.14. The van der Waals surface area contributed by atoms with E-state index in [0.717, 1.165) is 0 Å². The molecule has 2 rings (SSSR count). The zero-order valence-corrected chi connectivity index (χ0v) is 5.57. The summed E-state index contributed by atoms with van der Waals surface area (Å²) in [5.74, 6) is 0. The van der Waals surface area contributed by atoms with Crippen molar-refractivity contribution in [3.63, 3.8) is 0 Å². The summed E-state index contributed by atoms with van der Waals surface area (Å²) in [6.45, 7) is 0. The second-order valence-electron chi connectivity index (χ2n) is 2.23. The van der Waals surface area contributed by atoms with Gasteiger partial charge < -0.3 is 4.57 Å². The van der Waals surface area contributed by atoms with Crippen molar-refractivity contribution in [1.82, 2.24) is 4.57 Å². The van der Waals surface area contributed by atoms with E-state index in [1.165, 1.54) is 5.69 Å². The van der Waals surface area contributed by atoms with Crippen molar-refractivity contribution in [2.24, 2.45) is 0 Å². The lowest BCUT2D eigenvalue weighted by atomic mass is 10.5. The lowest BCUT2D eigenvalue weighted by Crippen LogP contribution is -1.83. The molecule has 0 aliphatic heterocycles. The minimum Gasteiger partial charge on any atom is -0.419 e. The molecule has 1 heterocycles. The minimum absolute atomic E-state index is 1.23. The Balaban J connectivity index is 2.48. The summed E-state index contributed by atoms with van der Waals surface area (Å²) >= 11 is 0. The first kappa shape index (κ1) is 5.42. The Hall–Kier alpha value is -1.37. The normalized spacial score (nSPS) is 10.0. The number of aromatic nitrogens is 1. The van der Waals surface area contributed by atoms with Gasteiger partial charge in [-0.25, -0.2) is 0 Å². The molecule has 50 valence electrons. The van der Waals surface area contributed by atoms with Gasteiger partial charge in [0.1, 0.15) is 0 Å². The molecule has 1 heteroatoms. The highest BCUT2D eigenvalue weighted by Crippen LogP contribution is 2.06. The first-order valence-corrected chi connectivity index (χ1v) is 3.32. The van der Waals surface area contributed by atoms with Crippen molar-refractivity contribution in [2.75, 3.05) is 0 Å². The van der Waals surface area contributed by atoms with Gasteiger partial charge >= 0.3 is 0 Å². The molecule has 0 atom stereocenters. The molecular weight excluding hydrogens is 122 g/mol. The van der Waals surface area contributed by atoms with Crippen LogP contribution in [0, 0.1) is 0 Å². The van der Waals surface area contributed by atoms with E-state index in [1.54, 1.807) is 0 Å². The number of rotatable bonds is 1. The van der Waals surface area contributed by atoms with Gasteiger partial charge in [-0.2, -0.15) is 12.1 Å². The average molecular weight is 130 g/mol. The van der Waals surface area contributed by atoms with E-state index in [2.05, 4.69) is 16.7 Å². The molecule has 0 amide bonds. The maximum absolute atomic E-state index is 2.08. The topological polar surface area (TPSA) is 4.93 Å². The minimum atomic E-state index is 1.23. The fourth-order valence-corrected chi connectivity index (χ4v) is 1.04. The van der Waals surface area contributed by atoms with E-state index < -0.39 is 0 Å². The van der Waals surface area contributed by atoms with Crippen molar-refractivity contribution in [3.05, 3.63) is 48.8 Å². The Morgan fingerprint density at radius 1 is 0.800 bits per heavy atom. The molecule has 1 nitrogen and oxygen atoms in total. The Morgan fingerprint density at radius 2 is 1.40 bits per heavy atom. The molecule has 0 fully saturated rings. The smallest absolute Gasteiger partial charge is 0.0355 e. The van der Waals surface area contributed by atoms with Crippen molar-refractivity contribution in [3.8, 4) is 5.69 Å². The van der Waals surface area contributed by atoms with Crippen molar-refractivity contribution < 1.29 is 0 Å². The second-order valence-corrected chi connectivity index (χ2v) is 2.23. The SMILES string of the molecule is c1cc[c-](-n2cccc2)c1. The molecule has 0 aliphatic carbocycles. The molecular formula is C9H8N-. The second kappa shape index (κ2) is 2.10. The van der Waals surface area contributed by atoms with Crippen LogP contribution in [0.3, 0.4) is 0 Å². The lowest BCUT2D eigenvalue weighted by Gasteiger charge is -2.03. The van der Waals surface area contributed by atoms with Crippen LogP contribution in [0.5, 0.6) is 0 Å². The number of hydrogen-bond donors (Lipinski definition) is 0. The summed E-state index contributed by atoms with van der Waals surface area (Å²) in [4.78, 5) is 0. The lowest BCUT2D eigenvalue weighted by molar-refractivity contribution is 1.09. The van der Waals surface area contributed by atoms with Crippen LogP contribution in [0.25, 0.3) is 5.69 Å². The summed E-state index contributed by atoms with van der Waals surface area (Å²) in [7, 11) is 0. The van der Waals surface area contributed by atoms with Gasteiger partial charge in [-0.1, -0.05) is 24.5 Å². The third kappa shape index (κ3) is 0.760. The van der Waals surface area contributed by atoms with E-state index in [9.17, 15) is 0 Å². The fraction of sp³-hybridized carbons (Fsp3) is 0. The molecule has 10 heavy (non-hydrogen) atoms. The van der Waals surface area contributed by atoms with Crippen LogP contribution in [-0.4, -0.2) is 4.57 Å². The maximum Gasteiger partial charge on any atom is -0.0355 e. The summed E-state index contributed by atoms with van der Waals surface area (Å²) in [5, 5.41) is 0. The average Bonchev–Trinajstić information content (AvgIpc) is 2.59. The van der Waals surface area contributed by atoms with Crippen LogP contribution in [0.15, 0.2) is 48.8 Å². The van der Waals surface area contributed by atoms with Crippen LogP contribution in [0.4, 0.5) is 0 Å². The van der Waals surface area contributed by atoms with Gasteiger partial charge in [-0.05, 0) is 5.69 Å². The highest BCUT2D eigenvalue weighted by Gasteiger charge is 1.82. The predicted octanol–water partition coefficient (Wildman–Crippen LogP) is 2.20. The first-order chi connectivity index (χ1) is 4.97. The third-order valence-electron chi connectivity index (χ3n) is 1.55. The van der Waals surface area contributed by atoms with E-state index >= 15 is 0 Å². The van der Waals surface area contributed by atoms with E-state index in [1.807, 2.05) is 36.7 Å². The van der Waals surface area contributed by atoms with E-state index in [0.29, 0.717) is 0 Å². The highest BCUT2D eigenvalue weighted by molar-refractivity contribution is 5.33. The first-order valence-electron chi connectivity index (χ1n) is 3.32. The van der Waals surface area contributed by atoms with Gasteiger partial charge in [0.15, 0.2) is 0 Å². The molecule has 0 spiro atoms. The standard InChI is InChI=1S/C9H8N/c1-2-6-9(5-1)10-7-3-4-8-10/h1-8H/q-1. The van der Waals surface area contributed by atoms with Gasteiger partial charge in [0.25, 0.3) is 0 Å². The third-order valence-corrected chi connectivity index (χ3v) is 1.55. The summed E-state index contributed by atoms with van der Waals surface area (Å²) in [6, 6.07) is 12.3. The van der Waals surface area contributed by atoms with Gasteiger partial charge in [0, 0.05) is 0 Å². The van der Waals surface area contributed by atoms with Gasteiger partial charge in [-0.3, -0.25) is 0 Å². The summed E-state index contributed by atoms with van der Waals surface area (Å²) in [6.07, 6.45) is 4.07. The van der Waals surface area contributed by atoms with Crippen LogP contribution in [-0.2, 0) is 0 Å². The molecule has 0 unspecified atom stereocenters. The molecule has 0 saturated carbocycles. The van der Waals surface area contributed by atoms with Crippen LogP contribution >= 0.6 is 0 Å². The van der Waals surface area contributed by atoms with Crippen molar-refractivity contribution >= 4 is 0 Å². The molecule has 1 aromatic carbocycles. The molecule has 1 aromatic heterocycles. The highest BCUT2D eigenvalue weighted by atomic mass is 14.9. The molecule has 0 saturated heterocycles. The predicted molar refractivity (Wildman–Crippen MR) is 41.4 cm³/mol. The van der Waals surface area contributed by atoms with Gasteiger partial charge in [0.2, 0.25) is 0 Å². The summed E-state index contributed by atoms with van der Waals surface area (Å²) < 4.78 is 2.08. The van der Waals surface area contributed by atoms with E-state index in [-0.39, 0.29) is 0 Å². The monoisotopic (exact) mass is 130 g/mol. The quantitative estimate of drug-likeness (QED) is 0.521. The van der Waals surface area contributed by atoms with Crippen LogP contribution < -0.4 is 0 Å². The van der Waals surface area contributed by atoms with Gasteiger partial charge in [0.05, 0.1) is 0 Å². The largest absolute Gasteiger partial charge is 0.419 e. The zero-order valence-electron chi connectivity index (χ0n) is 5.57. The molecule has 0 N–H and O–H groups in total. The van der Waals surface area contributed by atoms with E-state index in [4.69, 9.17) is 0 Å². The van der Waals surface area contributed by atoms with Crippen molar-refractivity contribution in [2.45, 2.75) is 0 Å². The Bertz CT molecular complexity index is 244. The number of hydrogen-bond acceptors (Lipinski definition) is 0. The van der Waals surface area contributed by atoms with Crippen LogP contribution in [0.2, 0.25) is 0 Å². The summed E-state index contributed by atoms with van der Waals surface area (Å²) in [5.41, 5.74) is 1.23. The van der Waals surface area contributed by atoms with Crippen LogP contribution in [0.1, 0.15) is 0 Å². The van der Waals surface area contributed by atoms with Gasteiger partial charge in [-0.15, -0.1) is 12.1 Å². The molecule has 0 bridgehead atoms. The molecule has 0 radical (unpaired) electrons. The Labute approximate surface area is 59.9 Å². The zero-order chi connectivity index (χ0) is 6.81. The number of nitrogens with zero attached hydrogens (tertiary/aromatic N) is 1. The molecule has 2 aromatic rings. The maximum atomic E-state index is 2.08. The fourth-order valence-electron chi connectivity index (χ4n) is 1.04. The van der Waals surface area contributed by atoms with Crippen molar-refractivity contribution in [1.29, 1.82) is 0 Å². The Morgan fingerprint density at radius 3 is 2.00 bits per heavy atom.